The van der Waals surface area contributed by atoms with Gasteiger partial charge in [0.05, 0.1) is 6.61 Å². The Morgan fingerprint density at radius 1 is 1.09 bits per heavy atom. The molecule has 2 aromatic rings. The number of carbonyl (C=O) groups excluding carboxylic acids is 1. The quantitative estimate of drug-likeness (QED) is 0.714. The highest BCUT2D eigenvalue weighted by Gasteiger charge is 2.12. The summed E-state index contributed by atoms with van der Waals surface area (Å²) in [5.41, 5.74) is 1.50. The largest absolute Gasteiger partial charge is 0.494 e. The first kappa shape index (κ1) is 17.0. The molecule has 0 fully saturated rings. The maximum absolute atomic E-state index is 12.9. The van der Waals surface area contributed by atoms with Gasteiger partial charge in [-0.15, -0.1) is 0 Å². The van der Waals surface area contributed by atoms with Gasteiger partial charge >= 0.3 is 0 Å². The van der Waals surface area contributed by atoms with E-state index in [1.165, 1.54) is 12.1 Å². The minimum absolute atomic E-state index is 0.0746. The van der Waals surface area contributed by atoms with Crippen LogP contribution in [0.2, 0.25) is 0 Å². The molecule has 0 saturated heterocycles. The highest BCUT2D eigenvalue weighted by Crippen LogP contribution is 2.15. The third-order valence-corrected chi connectivity index (χ3v) is 3.55. The van der Waals surface area contributed by atoms with Crippen molar-refractivity contribution in [2.45, 2.75) is 26.3 Å². The van der Waals surface area contributed by atoms with Crippen LogP contribution in [0.1, 0.15) is 35.7 Å². The zero-order chi connectivity index (χ0) is 16.7. The van der Waals surface area contributed by atoms with Crippen molar-refractivity contribution < 1.29 is 13.9 Å². The summed E-state index contributed by atoms with van der Waals surface area (Å²) in [5.74, 6) is 0.423. The van der Waals surface area contributed by atoms with Gasteiger partial charge in [0, 0.05) is 19.2 Å². The minimum atomic E-state index is -0.276. The number of halogens is 1. The summed E-state index contributed by atoms with van der Waals surface area (Å²) in [6, 6.07) is 13.3. The smallest absolute Gasteiger partial charge is 0.253 e. The first-order valence-electron chi connectivity index (χ1n) is 7.83. The normalized spacial score (nSPS) is 10.4. The molecular weight excluding hydrogens is 293 g/mol. The Morgan fingerprint density at radius 3 is 2.35 bits per heavy atom. The summed E-state index contributed by atoms with van der Waals surface area (Å²) >= 11 is 0. The third kappa shape index (κ3) is 5.09. The van der Waals surface area contributed by atoms with E-state index < -0.39 is 0 Å². The van der Waals surface area contributed by atoms with Crippen LogP contribution in [0.15, 0.2) is 48.5 Å². The van der Waals surface area contributed by atoms with E-state index in [9.17, 15) is 9.18 Å². The number of rotatable bonds is 7. The van der Waals surface area contributed by atoms with Crippen molar-refractivity contribution in [1.29, 1.82) is 0 Å². The Balaban J connectivity index is 1.94. The van der Waals surface area contributed by atoms with E-state index >= 15 is 0 Å². The lowest BCUT2D eigenvalue weighted by molar-refractivity contribution is 0.0785. The van der Waals surface area contributed by atoms with Crippen LogP contribution in [-0.4, -0.2) is 24.5 Å². The molecule has 0 saturated carbocycles. The second-order valence-corrected chi connectivity index (χ2v) is 5.51. The molecule has 2 rings (SSSR count). The van der Waals surface area contributed by atoms with Gasteiger partial charge in [0.2, 0.25) is 0 Å². The Hall–Kier alpha value is -2.36. The fourth-order valence-corrected chi connectivity index (χ4v) is 2.18. The molecule has 0 radical (unpaired) electrons. The van der Waals surface area contributed by atoms with Gasteiger partial charge in [-0.05, 0) is 48.4 Å². The molecule has 3 nitrogen and oxygen atoms in total. The second kappa shape index (κ2) is 8.32. The predicted octanol–water partition coefficient (Wildman–Crippen LogP) is 4.28. The molecule has 122 valence electrons. The fraction of sp³-hybridized carbons (Fsp3) is 0.316. The summed E-state index contributed by atoms with van der Waals surface area (Å²) in [6.45, 7) is 3.24. The van der Waals surface area contributed by atoms with E-state index in [1.54, 1.807) is 36.2 Å². The van der Waals surface area contributed by atoms with Gasteiger partial charge < -0.3 is 9.64 Å². The molecule has 0 bridgehead atoms. The second-order valence-electron chi connectivity index (χ2n) is 5.51. The Bertz CT molecular complexity index is 623. The summed E-state index contributed by atoms with van der Waals surface area (Å²) in [7, 11) is 1.73. The number of benzene rings is 2. The number of amides is 1. The molecular formula is C19H22FNO2. The first-order chi connectivity index (χ1) is 11.1. The van der Waals surface area contributed by atoms with Gasteiger partial charge in [-0.3, -0.25) is 4.79 Å². The molecule has 0 heterocycles. The average molecular weight is 315 g/mol. The van der Waals surface area contributed by atoms with Gasteiger partial charge in [-0.1, -0.05) is 25.5 Å². The van der Waals surface area contributed by atoms with Crippen LogP contribution in [0.25, 0.3) is 0 Å². The van der Waals surface area contributed by atoms with Gasteiger partial charge in [-0.25, -0.2) is 4.39 Å². The molecule has 0 aromatic heterocycles. The molecule has 4 heteroatoms. The van der Waals surface area contributed by atoms with Crippen LogP contribution in [0.5, 0.6) is 5.75 Å². The average Bonchev–Trinajstić information content (AvgIpc) is 2.57. The summed E-state index contributed by atoms with van der Waals surface area (Å²) in [6.07, 6.45) is 2.10. The summed E-state index contributed by atoms with van der Waals surface area (Å²) in [5, 5.41) is 0. The van der Waals surface area contributed by atoms with E-state index in [-0.39, 0.29) is 11.7 Å². The van der Waals surface area contributed by atoms with E-state index in [2.05, 4.69) is 6.92 Å². The topological polar surface area (TPSA) is 29.5 Å². The van der Waals surface area contributed by atoms with Crippen molar-refractivity contribution in [2.24, 2.45) is 0 Å². The summed E-state index contributed by atoms with van der Waals surface area (Å²) in [4.78, 5) is 14.0. The lowest BCUT2D eigenvalue weighted by Gasteiger charge is -2.17. The summed E-state index contributed by atoms with van der Waals surface area (Å²) < 4.78 is 18.5. The van der Waals surface area contributed by atoms with Crippen LogP contribution in [0.4, 0.5) is 4.39 Å². The molecule has 0 N–H and O–H groups in total. The van der Waals surface area contributed by atoms with Crippen LogP contribution < -0.4 is 4.74 Å². The van der Waals surface area contributed by atoms with Crippen LogP contribution in [0.3, 0.4) is 0 Å². The number of ether oxygens (including phenoxy) is 1. The lowest BCUT2D eigenvalue weighted by Crippen LogP contribution is -2.26. The van der Waals surface area contributed by atoms with Crippen molar-refractivity contribution in [2.75, 3.05) is 13.7 Å². The molecule has 0 spiro atoms. The van der Waals surface area contributed by atoms with Gasteiger partial charge in [0.15, 0.2) is 0 Å². The molecule has 1 amide bonds. The van der Waals surface area contributed by atoms with Crippen LogP contribution in [0, 0.1) is 5.82 Å². The van der Waals surface area contributed by atoms with E-state index in [0.29, 0.717) is 18.7 Å². The van der Waals surface area contributed by atoms with Crippen molar-refractivity contribution in [3.63, 3.8) is 0 Å². The monoisotopic (exact) mass is 315 g/mol. The van der Waals surface area contributed by atoms with E-state index in [0.717, 1.165) is 24.2 Å². The van der Waals surface area contributed by atoms with Crippen molar-refractivity contribution in [3.05, 3.63) is 65.5 Å². The zero-order valence-electron chi connectivity index (χ0n) is 13.6. The molecule has 2 aromatic carbocycles. The number of carbonyl (C=O) groups is 1. The maximum Gasteiger partial charge on any atom is 0.253 e. The van der Waals surface area contributed by atoms with Crippen molar-refractivity contribution in [1.82, 2.24) is 4.90 Å². The Labute approximate surface area is 136 Å². The molecule has 0 aliphatic carbocycles. The molecule has 0 unspecified atom stereocenters. The standard InChI is InChI=1S/C19H22FNO2/c1-3-4-13-23-18-11-7-16(8-12-18)19(22)21(2)14-15-5-9-17(20)10-6-15/h5-12H,3-4,13-14H2,1-2H3. The van der Waals surface area contributed by atoms with E-state index in [4.69, 9.17) is 4.74 Å². The molecule has 0 atom stereocenters. The number of hydrogen-bond acceptors (Lipinski definition) is 2. The zero-order valence-corrected chi connectivity index (χ0v) is 13.6. The molecule has 0 aliphatic heterocycles. The highest BCUT2D eigenvalue weighted by molar-refractivity contribution is 5.94. The van der Waals surface area contributed by atoms with Crippen LogP contribution >= 0.6 is 0 Å². The fourth-order valence-electron chi connectivity index (χ4n) is 2.18. The number of unbranched alkanes of at least 4 members (excludes halogenated alkanes) is 1. The molecule has 0 aliphatic rings. The molecule has 23 heavy (non-hydrogen) atoms. The third-order valence-electron chi connectivity index (χ3n) is 3.55. The van der Waals surface area contributed by atoms with Gasteiger partial charge in [-0.2, -0.15) is 0 Å². The first-order valence-corrected chi connectivity index (χ1v) is 7.83. The minimum Gasteiger partial charge on any atom is -0.494 e. The highest BCUT2D eigenvalue weighted by atomic mass is 19.1. The Kier molecular flexibility index (Phi) is 6.15. The van der Waals surface area contributed by atoms with Crippen LogP contribution in [-0.2, 0) is 6.54 Å². The SMILES string of the molecule is CCCCOc1ccc(C(=O)N(C)Cc2ccc(F)cc2)cc1. The van der Waals surface area contributed by atoms with Gasteiger partial charge in [0.25, 0.3) is 5.91 Å². The lowest BCUT2D eigenvalue weighted by atomic mass is 10.1. The van der Waals surface area contributed by atoms with Crippen molar-refractivity contribution in [3.8, 4) is 5.75 Å². The number of nitrogens with zero attached hydrogens (tertiary/aromatic N) is 1. The maximum atomic E-state index is 12.9. The van der Waals surface area contributed by atoms with Crippen molar-refractivity contribution >= 4 is 5.91 Å². The van der Waals surface area contributed by atoms with Gasteiger partial charge in [0.1, 0.15) is 11.6 Å². The number of hydrogen-bond donors (Lipinski definition) is 0. The Morgan fingerprint density at radius 2 is 1.74 bits per heavy atom. The predicted molar refractivity (Wildman–Crippen MR) is 89.0 cm³/mol. The van der Waals surface area contributed by atoms with E-state index in [1.807, 2.05) is 12.1 Å².